The maximum atomic E-state index is 6.22. The SMILES string of the molecule is CN(C)c1nc(C(C)(C)C)c(C(C)(C)N)s1. The number of thiazole rings is 1. The Morgan fingerprint density at radius 1 is 1.12 bits per heavy atom. The van der Waals surface area contributed by atoms with Crippen LogP contribution in [0.3, 0.4) is 0 Å². The fraction of sp³-hybridized carbons (Fsp3) is 0.750. The maximum Gasteiger partial charge on any atom is 0.185 e. The number of hydrogen-bond donors (Lipinski definition) is 1. The van der Waals surface area contributed by atoms with Crippen molar-refractivity contribution in [1.29, 1.82) is 0 Å². The van der Waals surface area contributed by atoms with E-state index in [4.69, 9.17) is 10.7 Å². The number of rotatable bonds is 2. The Hall–Kier alpha value is -0.610. The van der Waals surface area contributed by atoms with Gasteiger partial charge in [0.05, 0.1) is 5.69 Å². The van der Waals surface area contributed by atoms with Gasteiger partial charge in [0.25, 0.3) is 0 Å². The Morgan fingerprint density at radius 3 is 1.88 bits per heavy atom. The fourth-order valence-electron chi connectivity index (χ4n) is 1.45. The normalized spacial score (nSPS) is 13.0. The van der Waals surface area contributed by atoms with Gasteiger partial charge in [-0.3, -0.25) is 0 Å². The topological polar surface area (TPSA) is 42.2 Å². The first-order chi connectivity index (χ1) is 7.03. The van der Waals surface area contributed by atoms with Crippen LogP contribution in [-0.2, 0) is 11.0 Å². The summed E-state index contributed by atoms with van der Waals surface area (Å²) in [6.07, 6.45) is 0. The summed E-state index contributed by atoms with van der Waals surface area (Å²) in [7, 11) is 4.02. The molecule has 16 heavy (non-hydrogen) atoms. The van der Waals surface area contributed by atoms with Gasteiger partial charge in [0.15, 0.2) is 5.13 Å². The van der Waals surface area contributed by atoms with Crippen molar-refractivity contribution in [2.75, 3.05) is 19.0 Å². The standard InChI is InChI=1S/C12H23N3S/c1-11(2,3)8-9(12(4,5)13)16-10(14-8)15(6)7/h13H2,1-7H3. The Bertz CT molecular complexity index is 335. The van der Waals surface area contributed by atoms with Crippen molar-refractivity contribution < 1.29 is 0 Å². The molecule has 4 heteroatoms. The van der Waals surface area contributed by atoms with Crippen molar-refractivity contribution in [3.8, 4) is 0 Å². The van der Waals surface area contributed by atoms with Gasteiger partial charge in [-0.15, -0.1) is 0 Å². The highest BCUT2D eigenvalue weighted by Crippen LogP contribution is 2.38. The third kappa shape index (κ3) is 2.74. The first-order valence-corrected chi connectivity index (χ1v) is 6.33. The van der Waals surface area contributed by atoms with Crippen LogP contribution in [0.1, 0.15) is 45.2 Å². The average molecular weight is 241 g/mol. The second kappa shape index (κ2) is 4.00. The van der Waals surface area contributed by atoms with Gasteiger partial charge in [0, 0.05) is 29.9 Å². The van der Waals surface area contributed by atoms with Crippen LogP contribution in [0, 0.1) is 0 Å². The van der Waals surface area contributed by atoms with E-state index in [0.717, 1.165) is 10.8 Å². The van der Waals surface area contributed by atoms with Crippen LogP contribution in [0.5, 0.6) is 0 Å². The van der Waals surface area contributed by atoms with Gasteiger partial charge in [-0.2, -0.15) is 0 Å². The Kier molecular flexibility index (Phi) is 3.37. The zero-order chi connectivity index (χ0) is 12.7. The Balaban J connectivity index is 3.36. The lowest BCUT2D eigenvalue weighted by molar-refractivity contribution is 0.512. The second-order valence-corrected chi connectivity index (χ2v) is 7.02. The van der Waals surface area contributed by atoms with Gasteiger partial charge < -0.3 is 10.6 Å². The summed E-state index contributed by atoms with van der Waals surface area (Å²) < 4.78 is 0. The van der Waals surface area contributed by atoms with Crippen LogP contribution in [0.4, 0.5) is 5.13 Å². The van der Waals surface area contributed by atoms with Crippen LogP contribution < -0.4 is 10.6 Å². The molecule has 0 aromatic carbocycles. The Labute approximate surface area is 103 Å². The minimum atomic E-state index is -0.325. The lowest BCUT2D eigenvalue weighted by Crippen LogP contribution is -2.31. The molecule has 0 amide bonds. The Morgan fingerprint density at radius 2 is 1.62 bits per heavy atom. The quantitative estimate of drug-likeness (QED) is 0.865. The molecule has 0 fully saturated rings. The van der Waals surface area contributed by atoms with Crippen LogP contribution in [0.25, 0.3) is 0 Å². The van der Waals surface area contributed by atoms with E-state index in [2.05, 4.69) is 20.8 Å². The van der Waals surface area contributed by atoms with Crippen molar-refractivity contribution in [2.45, 2.75) is 45.6 Å². The summed E-state index contributed by atoms with van der Waals surface area (Å²) >= 11 is 1.69. The molecule has 1 aromatic rings. The molecule has 0 unspecified atom stereocenters. The minimum Gasteiger partial charge on any atom is -0.354 e. The molecule has 0 aliphatic carbocycles. The number of anilines is 1. The van der Waals surface area contributed by atoms with Crippen molar-refractivity contribution in [3.05, 3.63) is 10.6 Å². The van der Waals surface area contributed by atoms with Crippen LogP contribution in [0.15, 0.2) is 0 Å². The van der Waals surface area contributed by atoms with Crippen LogP contribution in [-0.4, -0.2) is 19.1 Å². The molecule has 1 heterocycles. The third-order valence-electron chi connectivity index (χ3n) is 2.29. The molecule has 2 N–H and O–H groups in total. The van der Waals surface area contributed by atoms with Gasteiger partial charge in [-0.1, -0.05) is 32.1 Å². The van der Waals surface area contributed by atoms with E-state index in [1.807, 2.05) is 32.8 Å². The predicted octanol–water partition coefficient (Wildman–Crippen LogP) is 2.70. The first kappa shape index (κ1) is 13.5. The molecule has 1 rings (SSSR count). The van der Waals surface area contributed by atoms with Gasteiger partial charge in [0.2, 0.25) is 0 Å². The van der Waals surface area contributed by atoms with Gasteiger partial charge in [-0.05, 0) is 13.8 Å². The molecule has 0 aliphatic heterocycles. The number of nitrogens with zero attached hydrogens (tertiary/aromatic N) is 2. The van der Waals surface area contributed by atoms with Crippen molar-refractivity contribution in [2.24, 2.45) is 5.73 Å². The molecule has 0 saturated heterocycles. The zero-order valence-electron chi connectivity index (χ0n) is 11.4. The summed E-state index contributed by atoms with van der Waals surface area (Å²) in [4.78, 5) is 7.93. The molecule has 0 aliphatic rings. The molecule has 0 radical (unpaired) electrons. The van der Waals surface area contributed by atoms with Gasteiger partial charge >= 0.3 is 0 Å². The summed E-state index contributed by atoms with van der Waals surface area (Å²) in [5, 5.41) is 1.03. The van der Waals surface area contributed by atoms with E-state index in [1.54, 1.807) is 11.3 Å². The van der Waals surface area contributed by atoms with E-state index < -0.39 is 0 Å². The monoisotopic (exact) mass is 241 g/mol. The van der Waals surface area contributed by atoms with Gasteiger partial charge in [0.1, 0.15) is 0 Å². The molecule has 0 bridgehead atoms. The molecule has 0 spiro atoms. The fourth-order valence-corrected chi connectivity index (χ4v) is 2.66. The highest BCUT2D eigenvalue weighted by Gasteiger charge is 2.30. The largest absolute Gasteiger partial charge is 0.354 e. The molecule has 3 nitrogen and oxygen atoms in total. The van der Waals surface area contributed by atoms with Crippen molar-refractivity contribution >= 4 is 16.5 Å². The van der Waals surface area contributed by atoms with E-state index >= 15 is 0 Å². The number of hydrogen-bond acceptors (Lipinski definition) is 4. The number of nitrogens with two attached hydrogens (primary N) is 1. The molecule has 1 aromatic heterocycles. The van der Waals surface area contributed by atoms with Crippen LogP contribution >= 0.6 is 11.3 Å². The summed E-state index contributed by atoms with van der Waals surface area (Å²) in [6.45, 7) is 10.6. The maximum absolute atomic E-state index is 6.22. The summed E-state index contributed by atoms with van der Waals surface area (Å²) in [5.74, 6) is 0. The van der Waals surface area contributed by atoms with E-state index in [9.17, 15) is 0 Å². The van der Waals surface area contributed by atoms with E-state index in [0.29, 0.717) is 0 Å². The van der Waals surface area contributed by atoms with E-state index in [-0.39, 0.29) is 11.0 Å². The molecular weight excluding hydrogens is 218 g/mol. The predicted molar refractivity (Wildman–Crippen MR) is 72.4 cm³/mol. The third-order valence-corrected chi connectivity index (χ3v) is 3.86. The zero-order valence-corrected chi connectivity index (χ0v) is 12.2. The summed E-state index contributed by atoms with van der Waals surface area (Å²) in [5.41, 5.74) is 7.05. The molecule has 0 atom stereocenters. The van der Waals surface area contributed by atoms with Gasteiger partial charge in [-0.25, -0.2) is 4.98 Å². The van der Waals surface area contributed by atoms with Crippen molar-refractivity contribution in [3.63, 3.8) is 0 Å². The average Bonchev–Trinajstić information content (AvgIpc) is 2.44. The molecule has 0 saturated carbocycles. The van der Waals surface area contributed by atoms with Crippen molar-refractivity contribution in [1.82, 2.24) is 4.98 Å². The molecular formula is C12H23N3S. The minimum absolute atomic E-state index is 0.0384. The van der Waals surface area contributed by atoms with Crippen LogP contribution in [0.2, 0.25) is 0 Å². The lowest BCUT2D eigenvalue weighted by atomic mass is 9.87. The molecule has 92 valence electrons. The highest BCUT2D eigenvalue weighted by molar-refractivity contribution is 7.15. The highest BCUT2D eigenvalue weighted by atomic mass is 32.1. The number of aromatic nitrogens is 1. The summed E-state index contributed by atoms with van der Waals surface area (Å²) in [6, 6.07) is 0. The first-order valence-electron chi connectivity index (χ1n) is 5.51. The smallest absolute Gasteiger partial charge is 0.185 e. The second-order valence-electron chi connectivity index (χ2n) is 6.04. The van der Waals surface area contributed by atoms with E-state index in [1.165, 1.54) is 4.88 Å². The lowest BCUT2D eigenvalue weighted by Gasteiger charge is -2.24.